The number of hydrogen-bond acceptors (Lipinski definition) is 3. The zero-order valence-electron chi connectivity index (χ0n) is 11.0. The molecule has 4 N–H and O–H groups in total. The SMILES string of the molecule is CCC(CC)(NC(=O)c1ccc(I)cc1)/C(N)=N/O. The molecule has 0 spiro atoms. The van der Waals surface area contributed by atoms with Crippen LogP contribution in [0.25, 0.3) is 0 Å². The second kappa shape index (κ2) is 6.74. The summed E-state index contributed by atoms with van der Waals surface area (Å²) in [5.74, 6) is -0.205. The van der Waals surface area contributed by atoms with Gasteiger partial charge in [-0.25, -0.2) is 0 Å². The van der Waals surface area contributed by atoms with Crippen LogP contribution in [-0.4, -0.2) is 22.5 Å². The quantitative estimate of drug-likeness (QED) is 0.243. The molecule has 0 aromatic heterocycles. The third kappa shape index (κ3) is 3.59. The fraction of sp³-hybridized carbons (Fsp3) is 0.385. The summed E-state index contributed by atoms with van der Waals surface area (Å²) in [6, 6.07) is 7.22. The van der Waals surface area contributed by atoms with Gasteiger partial charge in [0.2, 0.25) is 0 Å². The summed E-state index contributed by atoms with van der Waals surface area (Å²) in [5, 5.41) is 14.8. The van der Waals surface area contributed by atoms with E-state index in [1.54, 1.807) is 12.1 Å². The van der Waals surface area contributed by atoms with Gasteiger partial charge in [-0.1, -0.05) is 19.0 Å². The number of amidine groups is 1. The van der Waals surface area contributed by atoms with E-state index in [1.807, 2.05) is 26.0 Å². The number of nitrogens with one attached hydrogen (secondary N) is 1. The van der Waals surface area contributed by atoms with Crippen molar-refractivity contribution in [3.05, 3.63) is 33.4 Å². The molecule has 19 heavy (non-hydrogen) atoms. The summed E-state index contributed by atoms with van der Waals surface area (Å²) in [4.78, 5) is 12.2. The molecule has 0 bridgehead atoms. The first kappa shape index (κ1) is 15.7. The van der Waals surface area contributed by atoms with Crippen molar-refractivity contribution in [2.24, 2.45) is 10.9 Å². The molecule has 0 heterocycles. The summed E-state index contributed by atoms with van der Waals surface area (Å²) in [7, 11) is 0. The lowest BCUT2D eigenvalue weighted by atomic mass is 9.91. The summed E-state index contributed by atoms with van der Waals surface area (Å²) >= 11 is 2.18. The number of rotatable bonds is 5. The van der Waals surface area contributed by atoms with Crippen molar-refractivity contribution in [2.75, 3.05) is 0 Å². The first-order chi connectivity index (χ1) is 8.99. The Kier molecular flexibility index (Phi) is 5.59. The third-order valence-corrected chi connectivity index (χ3v) is 3.98. The normalized spacial score (nSPS) is 12.3. The number of benzene rings is 1. The highest BCUT2D eigenvalue weighted by molar-refractivity contribution is 14.1. The van der Waals surface area contributed by atoms with E-state index in [-0.39, 0.29) is 11.7 Å². The van der Waals surface area contributed by atoms with Crippen molar-refractivity contribution in [1.82, 2.24) is 5.32 Å². The molecule has 0 atom stereocenters. The minimum Gasteiger partial charge on any atom is -0.409 e. The lowest BCUT2D eigenvalue weighted by molar-refractivity contribution is 0.0918. The van der Waals surface area contributed by atoms with E-state index < -0.39 is 5.54 Å². The van der Waals surface area contributed by atoms with Crippen LogP contribution in [0.1, 0.15) is 37.0 Å². The zero-order chi connectivity index (χ0) is 14.5. The lowest BCUT2D eigenvalue weighted by Crippen LogP contribution is -2.56. The van der Waals surface area contributed by atoms with Crippen LogP contribution in [0.2, 0.25) is 0 Å². The van der Waals surface area contributed by atoms with E-state index in [9.17, 15) is 4.79 Å². The summed E-state index contributed by atoms with van der Waals surface area (Å²) in [5.41, 5.74) is 5.45. The predicted molar refractivity (Wildman–Crippen MR) is 83.3 cm³/mol. The molecular formula is C13H18IN3O2. The molecule has 0 saturated carbocycles. The Morgan fingerprint density at radius 1 is 1.37 bits per heavy atom. The van der Waals surface area contributed by atoms with Gasteiger partial charge in [-0.3, -0.25) is 4.79 Å². The molecule has 6 heteroatoms. The number of nitrogens with two attached hydrogens (primary N) is 1. The number of nitrogens with zero attached hydrogens (tertiary/aromatic N) is 1. The van der Waals surface area contributed by atoms with Crippen molar-refractivity contribution in [1.29, 1.82) is 0 Å². The molecule has 1 aromatic carbocycles. The smallest absolute Gasteiger partial charge is 0.252 e. The van der Waals surface area contributed by atoms with Gasteiger partial charge in [0.25, 0.3) is 5.91 Å². The first-order valence-electron chi connectivity index (χ1n) is 6.05. The van der Waals surface area contributed by atoms with Crippen LogP contribution in [0.4, 0.5) is 0 Å². The Morgan fingerprint density at radius 3 is 2.32 bits per heavy atom. The van der Waals surface area contributed by atoms with Gasteiger partial charge >= 0.3 is 0 Å². The van der Waals surface area contributed by atoms with Gasteiger partial charge in [0.05, 0.1) is 0 Å². The van der Waals surface area contributed by atoms with E-state index in [2.05, 4.69) is 33.1 Å². The van der Waals surface area contributed by atoms with Crippen LogP contribution in [-0.2, 0) is 0 Å². The van der Waals surface area contributed by atoms with Crippen LogP contribution in [0.5, 0.6) is 0 Å². The molecular weight excluding hydrogens is 357 g/mol. The average molecular weight is 375 g/mol. The zero-order valence-corrected chi connectivity index (χ0v) is 13.1. The molecule has 5 nitrogen and oxygen atoms in total. The Morgan fingerprint density at radius 2 is 1.89 bits per heavy atom. The second-order valence-corrected chi connectivity index (χ2v) is 5.48. The predicted octanol–water partition coefficient (Wildman–Crippen LogP) is 2.33. The third-order valence-electron chi connectivity index (χ3n) is 3.26. The number of amides is 1. The van der Waals surface area contributed by atoms with E-state index >= 15 is 0 Å². The van der Waals surface area contributed by atoms with Gasteiger partial charge in [0, 0.05) is 9.13 Å². The van der Waals surface area contributed by atoms with Crippen LogP contribution < -0.4 is 11.1 Å². The summed E-state index contributed by atoms with van der Waals surface area (Å²) < 4.78 is 1.06. The molecule has 1 aromatic rings. The second-order valence-electron chi connectivity index (χ2n) is 4.24. The number of carbonyl (C=O) groups is 1. The molecule has 0 aliphatic rings. The van der Waals surface area contributed by atoms with Gasteiger partial charge in [-0.05, 0) is 59.7 Å². The number of hydrogen-bond donors (Lipinski definition) is 3. The standard InChI is InChI=1S/C13H18IN3O2/c1-3-13(4-2,12(15)17-19)16-11(18)9-5-7-10(14)8-6-9/h5-8,19H,3-4H2,1-2H3,(H2,15,17)(H,16,18). The molecule has 0 unspecified atom stereocenters. The number of oxime groups is 1. The highest BCUT2D eigenvalue weighted by Crippen LogP contribution is 2.17. The topological polar surface area (TPSA) is 87.7 Å². The van der Waals surface area contributed by atoms with Crippen molar-refractivity contribution in [3.63, 3.8) is 0 Å². The van der Waals surface area contributed by atoms with Crippen LogP contribution >= 0.6 is 22.6 Å². The minimum absolute atomic E-state index is 0.0244. The van der Waals surface area contributed by atoms with Crippen LogP contribution in [0, 0.1) is 3.57 Å². The van der Waals surface area contributed by atoms with Crippen molar-refractivity contribution < 1.29 is 10.0 Å². The maximum atomic E-state index is 12.2. The van der Waals surface area contributed by atoms with E-state index in [1.165, 1.54) is 0 Å². The number of carbonyl (C=O) groups excluding carboxylic acids is 1. The molecule has 0 aliphatic heterocycles. The average Bonchev–Trinajstić information content (AvgIpc) is 2.44. The van der Waals surface area contributed by atoms with Crippen molar-refractivity contribution in [2.45, 2.75) is 32.2 Å². The minimum atomic E-state index is -0.811. The molecule has 1 amide bonds. The molecule has 104 valence electrons. The Bertz CT molecular complexity index is 467. The van der Waals surface area contributed by atoms with Gasteiger partial charge < -0.3 is 16.3 Å². The molecule has 0 aliphatic carbocycles. The van der Waals surface area contributed by atoms with E-state index in [0.29, 0.717) is 18.4 Å². The van der Waals surface area contributed by atoms with Gasteiger partial charge in [0.1, 0.15) is 5.54 Å². The highest BCUT2D eigenvalue weighted by Gasteiger charge is 2.33. The Hall–Kier alpha value is -1.31. The summed E-state index contributed by atoms with van der Waals surface area (Å²) in [6.07, 6.45) is 1.10. The largest absolute Gasteiger partial charge is 0.409 e. The fourth-order valence-corrected chi connectivity index (χ4v) is 2.20. The first-order valence-corrected chi connectivity index (χ1v) is 7.13. The highest BCUT2D eigenvalue weighted by atomic mass is 127. The van der Waals surface area contributed by atoms with E-state index in [0.717, 1.165) is 3.57 Å². The lowest BCUT2D eigenvalue weighted by Gasteiger charge is -2.31. The van der Waals surface area contributed by atoms with E-state index in [4.69, 9.17) is 10.9 Å². The maximum absolute atomic E-state index is 12.2. The fourth-order valence-electron chi connectivity index (χ4n) is 1.84. The Balaban J connectivity index is 2.97. The molecule has 1 rings (SSSR count). The van der Waals surface area contributed by atoms with Gasteiger partial charge in [-0.2, -0.15) is 0 Å². The van der Waals surface area contributed by atoms with Crippen molar-refractivity contribution >= 4 is 34.3 Å². The monoisotopic (exact) mass is 375 g/mol. The van der Waals surface area contributed by atoms with Gasteiger partial charge in [0.15, 0.2) is 5.84 Å². The Labute approximate surface area is 126 Å². The summed E-state index contributed by atoms with van der Waals surface area (Å²) in [6.45, 7) is 3.77. The van der Waals surface area contributed by atoms with Crippen LogP contribution in [0.15, 0.2) is 29.4 Å². The molecule has 0 fully saturated rings. The van der Waals surface area contributed by atoms with Gasteiger partial charge in [-0.15, -0.1) is 0 Å². The van der Waals surface area contributed by atoms with Crippen molar-refractivity contribution in [3.8, 4) is 0 Å². The maximum Gasteiger partial charge on any atom is 0.252 e. The van der Waals surface area contributed by atoms with Crippen LogP contribution in [0.3, 0.4) is 0 Å². The number of halogens is 1. The molecule has 0 radical (unpaired) electrons. The molecule has 0 saturated heterocycles.